The van der Waals surface area contributed by atoms with Crippen molar-refractivity contribution in [2.75, 3.05) is 25.3 Å². The molecule has 0 aliphatic carbocycles. The van der Waals surface area contributed by atoms with Crippen molar-refractivity contribution in [1.29, 1.82) is 0 Å². The summed E-state index contributed by atoms with van der Waals surface area (Å²) in [6.07, 6.45) is 1.63. The highest BCUT2D eigenvalue weighted by atomic mass is 32.2. The van der Waals surface area contributed by atoms with E-state index in [9.17, 15) is 4.79 Å². The number of amides is 1. The van der Waals surface area contributed by atoms with Gasteiger partial charge in [-0.05, 0) is 19.9 Å². The maximum atomic E-state index is 12.4. The Hall–Kier alpha value is -2.94. The molecule has 0 aliphatic heterocycles. The van der Waals surface area contributed by atoms with Gasteiger partial charge < -0.3 is 23.8 Å². The van der Waals surface area contributed by atoms with Crippen molar-refractivity contribution in [2.24, 2.45) is 0 Å². The van der Waals surface area contributed by atoms with Crippen LogP contribution in [-0.2, 0) is 11.3 Å². The molecule has 0 atom stereocenters. The standard InChI is InChI=1S/C19H22N4O4S/c1-5-23-18(16-6-7-27-12(16)2)21-22-19(23)28-11-17(24)20-13-8-14(25-3)10-15(9-13)26-4/h6-10H,5,11H2,1-4H3,(H,20,24). The van der Waals surface area contributed by atoms with Gasteiger partial charge in [0.2, 0.25) is 5.91 Å². The predicted octanol–water partition coefficient (Wildman–Crippen LogP) is 3.61. The van der Waals surface area contributed by atoms with Gasteiger partial charge in [-0.15, -0.1) is 10.2 Å². The van der Waals surface area contributed by atoms with E-state index in [-0.39, 0.29) is 11.7 Å². The van der Waals surface area contributed by atoms with Gasteiger partial charge in [0.15, 0.2) is 11.0 Å². The van der Waals surface area contributed by atoms with Gasteiger partial charge in [0.1, 0.15) is 17.3 Å². The van der Waals surface area contributed by atoms with Crippen LogP contribution in [0, 0.1) is 6.92 Å². The molecule has 2 heterocycles. The second kappa shape index (κ2) is 8.83. The monoisotopic (exact) mass is 402 g/mol. The van der Waals surface area contributed by atoms with Crippen LogP contribution in [0.5, 0.6) is 11.5 Å². The van der Waals surface area contributed by atoms with Crippen molar-refractivity contribution in [1.82, 2.24) is 14.8 Å². The molecular formula is C19H22N4O4S. The van der Waals surface area contributed by atoms with Crippen LogP contribution in [0.1, 0.15) is 12.7 Å². The van der Waals surface area contributed by atoms with E-state index in [4.69, 9.17) is 13.9 Å². The van der Waals surface area contributed by atoms with Crippen LogP contribution >= 0.6 is 11.8 Å². The molecule has 0 bridgehead atoms. The van der Waals surface area contributed by atoms with E-state index in [0.29, 0.717) is 28.9 Å². The Morgan fingerprint density at radius 1 is 1.21 bits per heavy atom. The summed E-state index contributed by atoms with van der Waals surface area (Å²) in [6, 6.07) is 7.08. The average molecular weight is 402 g/mol. The van der Waals surface area contributed by atoms with Crippen molar-refractivity contribution in [2.45, 2.75) is 25.5 Å². The van der Waals surface area contributed by atoms with Crippen LogP contribution in [0.15, 0.2) is 40.1 Å². The van der Waals surface area contributed by atoms with Crippen LogP contribution < -0.4 is 14.8 Å². The zero-order valence-electron chi connectivity index (χ0n) is 16.2. The molecule has 0 saturated heterocycles. The molecule has 0 unspecified atom stereocenters. The molecule has 3 rings (SSSR count). The number of carbonyl (C=O) groups is 1. The zero-order chi connectivity index (χ0) is 20.1. The molecule has 148 valence electrons. The zero-order valence-corrected chi connectivity index (χ0v) is 17.0. The summed E-state index contributed by atoms with van der Waals surface area (Å²) in [6.45, 7) is 4.58. The minimum atomic E-state index is -0.160. The van der Waals surface area contributed by atoms with Gasteiger partial charge in [-0.3, -0.25) is 4.79 Å². The van der Waals surface area contributed by atoms with Gasteiger partial charge in [0.25, 0.3) is 0 Å². The largest absolute Gasteiger partial charge is 0.497 e. The fraction of sp³-hybridized carbons (Fsp3) is 0.316. The van der Waals surface area contributed by atoms with E-state index >= 15 is 0 Å². The summed E-state index contributed by atoms with van der Waals surface area (Å²) in [7, 11) is 3.13. The van der Waals surface area contributed by atoms with Crippen molar-refractivity contribution in [3.63, 3.8) is 0 Å². The number of aryl methyl sites for hydroxylation is 1. The van der Waals surface area contributed by atoms with Crippen molar-refractivity contribution >= 4 is 23.4 Å². The van der Waals surface area contributed by atoms with E-state index in [1.54, 1.807) is 38.7 Å². The normalized spacial score (nSPS) is 10.7. The third-order valence-electron chi connectivity index (χ3n) is 4.10. The Kier molecular flexibility index (Phi) is 6.25. The number of hydrogen-bond donors (Lipinski definition) is 1. The van der Waals surface area contributed by atoms with Crippen LogP contribution in [0.2, 0.25) is 0 Å². The van der Waals surface area contributed by atoms with Crippen molar-refractivity contribution in [3.05, 3.63) is 36.3 Å². The fourth-order valence-corrected chi connectivity index (χ4v) is 3.51. The number of hydrogen-bond acceptors (Lipinski definition) is 7. The Labute approximate surface area is 167 Å². The number of ether oxygens (including phenoxy) is 2. The van der Waals surface area contributed by atoms with E-state index in [2.05, 4.69) is 15.5 Å². The molecule has 28 heavy (non-hydrogen) atoms. The number of rotatable bonds is 8. The highest BCUT2D eigenvalue weighted by Gasteiger charge is 2.17. The lowest BCUT2D eigenvalue weighted by molar-refractivity contribution is -0.113. The molecule has 8 nitrogen and oxygen atoms in total. The molecule has 0 saturated carbocycles. The quantitative estimate of drug-likeness (QED) is 0.576. The van der Waals surface area contributed by atoms with Crippen LogP contribution in [-0.4, -0.2) is 40.6 Å². The topological polar surface area (TPSA) is 91.4 Å². The Morgan fingerprint density at radius 3 is 2.50 bits per heavy atom. The van der Waals surface area contributed by atoms with Crippen molar-refractivity contribution < 1.29 is 18.7 Å². The van der Waals surface area contributed by atoms with E-state index < -0.39 is 0 Å². The molecule has 0 radical (unpaired) electrons. The molecule has 0 spiro atoms. The molecular weight excluding hydrogens is 380 g/mol. The number of carbonyl (C=O) groups excluding carboxylic acids is 1. The third kappa shape index (κ3) is 4.30. The van der Waals surface area contributed by atoms with Gasteiger partial charge in [-0.1, -0.05) is 11.8 Å². The molecule has 0 aliphatic rings. The number of methoxy groups -OCH3 is 2. The molecule has 3 aromatic rings. The summed E-state index contributed by atoms with van der Waals surface area (Å²) in [5.74, 6) is 2.76. The van der Waals surface area contributed by atoms with Crippen LogP contribution in [0.25, 0.3) is 11.4 Å². The van der Waals surface area contributed by atoms with E-state index in [1.807, 2.05) is 24.5 Å². The lowest BCUT2D eigenvalue weighted by Gasteiger charge is -2.10. The number of thioether (sulfide) groups is 1. The first kappa shape index (κ1) is 19.8. The van der Waals surface area contributed by atoms with E-state index in [0.717, 1.165) is 17.1 Å². The van der Waals surface area contributed by atoms with Crippen LogP contribution in [0.3, 0.4) is 0 Å². The first-order valence-corrected chi connectivity index (χ1v) is 9.67. The predicted molar refractivity (Wildman–Crippen MR) is 107 cm³/mol. The maximum absolute atomic E-state index is 12.4. The lowest BCUT2D eigenvalue weighted by atomic mass is 10.2. The molecule has 1 N–H and O–H groups in total. The van der Waals surface area contributed by atoms with E-state index in [1.165, 1.54) is 11.8 Å². The molecule has 0 fully saturated rings. The van der Waals surface area contributed by atoms with Gasteiger partial charge in [0.05, 0.1) is 31.8 Å². The third-order valence-corrected chi connectivity index (χ3v) is 5.07. The number of furan rings is 1. The average Bonchev–Trinajstić information content (AvgIpc) is 3.30. The van der Waals surface area contributed by atoms with Gasteiger partial charge >= 0.3 is 0 Å². The number of aromatic nitrogens is 3. The number of benzene rings is 1. The minimum absolute atomic E-state index is 0.160. The molecule has 2 aromatic heterocycles. The maximum Gasteiger partial charge on any atom is 0.234 e. The summed E-state index contributed by atoms with van der Waals surface area (Å²) in [5.41, 5.74) is 1.50. The van der Waals surface area contributed by atoms with Gasteiger partial charge in [-0.2, -0.15) is 0 Å². The first-order chi connectivity index (χ1) is 13.5. The lowest BCUT2D eigenvalue weighted by Crippen LogP contribution is -2.14. The fourth-order valence-electron chi connectivity index (χ4n) is 2.70. The van der Waals surface area contributed by atoms with Crippen LogP contribution in [0.4, 0.5) is 5.69 Å². The second-order valence-corrected chi connectivity index (χ2v) is 6.82. The minimum Gasteiger partial charge on any atom is -0.497 e. The smallest absolute Gasteiger partial charge is 0.234 e. The summed E-state index contributed by atoms with van der Waals surface area (Å²) < 4.78 is 17.8. The number of nitrogens with one attached hydrogen (secondary N) is 1. The highest BCUT2D eigenvalue weighted by Crippen LogP contribution is 2.28. The Balaban J connectivity index is 1.68. The summed E-state index contributed by atoms with van der Waals surface area (Å²) >= 11 is 1.33. The van der Waals surface area contributed by atoms with Gasteiger partial charge in [-0.25, -0.2) is 0 Å². The Bertz CT molecular complexity index is 945. The number of anilines is 1. The van der Waals surface area contributed by atoms with Crippen molar-refractivity contribution in [3.8, 4) is 22.9 Å². The SMILES string of the molecule is CCn1c(SCC(=O)Nc2cc(OC)cc(OC)c2)nnc1-c1ccoc1C. The summed E-state index contributed by atoms with van der Waals surface area (Å²) in [5, 5.41) is 12.0. The summed E-state index contributed by atoms with van der Waals surface area (Å²) in [4.78, 5) is 12.4. The van der Waals surface area contributed by atoms with Gasteiger partial charge in [0, 0.05) is 30.4 Å². The second-order valence-electron chi connectivity index (χ2n) is 5.88. The highest BCUT2D eigenvalue weighted by molar-refractivity contribution is 7.99. The molecule has 9 heteroatoms. The number of nitrogens with zero attached hydrogens (tertiary/aromatic N) is 3. The first-order valence-electron chi connectivity index (χ1n) is 8.69. The Morgan fingerprint density at radius 2 is 1.93 bits per heavy atom. The molecule has 1 amide bonds. The molecule has 1 aromatic carbocycles.